The number of para-hydroxylation sites is 1. The molecule has 1 aliphatic rings. The first-order valence-electron chi connectivity index (χ1n) is 6.63. The van der Waals surface area contributed by atoms with Crippen LogP contribution in [0.25, 0.3) is 10.9 Å². The SMILES string of the molecule is Cc1[nH]c2c(C(=O)N3CCOCC3)cccc2c1C. The summed E-state index contributed by atoms with van der Waals surface area (Å²) < 4.78 is 5.29. The van der Waals surface area contributed by atoms with E-state index in [0.29, 0.717) is 26.3 Å². The van der Waals surface area contributed by atoms with Gasteiger partial charge in [-0.25, -0.2) is 0 Å². The molecule has 1 aromatic heterocycles. The Labute approximate surface area is 112 Å². The van der Waals surface area contributed by atoms with Crippen molar-refractivity contribution in [3.63, 3.8) is 0 Å². The first-order valence-corrected chi connectivity index (χ1v) is 6.63. The van der Waals surface area contributed by atoms with Crippen molar-refractivity contribution in [2.75, 3.05) is 26.3 Å². The molecule has 0 radical (unpaired) electrons. The van der Waals surface area contributed by atoms with Gasteiger partial charge < -0.3 is 14.6 Å². The van der Waals surface area contributed by atoms with E-state index in [1.54, 1.807) is 0 Å². The van der Waals surface area contributed by atoms with E-state index < -0.39 is 0 Å². The number of benzene rings is 1. The van der Waals surface area contributed by atoms with E-state index in [2.05, 4.69) is 18.0 Å². The number of nitrogens with one attached hydrogen (secondary N) is 1. The number of rotatable bonds is 1. The number of hydrogen-bond acceptors (Lipinski definition) is 2. The highest BCUT2D eigenvalue weighted by Crippen LogP contribution is 2.25. The molecule has 1 saturated heterocycles. The van der Waals surface area contributed by atoms with Crippen LogP contribution in [0.5, 0.6) is 0 Å². The highest BCUT2D eigenvalue weighted by molar-refractivity contribution is 6.06. The smallest absolute Gasteiger partial charge is 0.256 e. The summed E-state index contributed by atoms with van der Waals surface area (Å²) in [5, 5.41) is 1.14. The zero-order chi connectivity index (χ0) is 13.4. The van der Waals surface area contributed by atoms with E-state index in [0.717, 1.165) is 22.2 Å². The number of aromatic nitrogens is 1. The molecule has 2 heterocycles. The van der Waals surface area contributed by atoms with Crippen LogP contribution in [-0.4, -0.2) is 42.1 Å². The molecule has 0 unspecified atom stereocenters. The van der Waals surface area contributed by atoms with Gasteiger partial charge in [0.05, 0.1) is 24.3 Å². The Morgan fingerprint density at radius 3 is 2.74 bits per heavy atom. The molecule has 1 aliphatic heterocycles. The average molecular weight is 258 g/mol. The van der Waals surface area contributed by atoms with Crippen LogP contribution in [-0.2, 0) is 4.74 Å². The Bertz CT molecular complexity index is 624. The molecule has 2 aromatic rings. The van der Waals surface area contributed by atoms with Crippen LogP contribution in [0, 0.1) is 13.8 Å². The molecule has 4 heteroatoms. The maximum atomic E-state index is 12.6. The molecule has 1 N–H and O–H groups in total. The third-order valence-corrected chi connectivity index (χ3v) is 3.87. The molecule has 3 rings (SSSR count). The van der Waals surface area contributed by atoms with Gasteiger partial charge in [0.15, 0.2) is 0 Å². The van der Waals surface area contributed by atoms with E-state index in [1.165, 1.54) is 5.56 Å². The van der Waals surface area contributed by atoms with Crippen molar-refractivity contribution in [2.45, 2.75) is 13.8 Å². The molecular weight excluding hydrogens is 240 g/mol. The monoisotopic (exact) mass is 258 g/mol. The topological polar surface area (TPSA) is 45.3 Å². The van der Waals surface area contributed by atoms with Crippen LogP contribution >= 0.6 is 0 Å². The van der Waals surface area contributed by atoms with Crippen LogP contribution in [0.15, 0.2) is 18.2 Å². The zero-order valence-corrected chi connectivity index (χ0v) is 11.3. The minimum Gasteiger partial charge on any atom is -0.378 e. The zero-order valence-electron chi connectivity index (χ0n) is 11.3. The summed E-state index contributed by atoms with van der Waals surface area (Å²) in [5.41, 5.74) is 4.05. The highest BCUT2D eigenvalue weighted by Gasteiger charge is 2.21. The summed E-state index contributed by atoms with van der Waals surface area (Å²) >= 11 is 0. The summed E-state index contributed by atoms with van der Waals surface area (Å²) in [6.07, 6.45) is 0. The molecule has 19 heavy (non-hydrogen) atoms. The first-order chi connectivity index (χ1) is 9.18. The summed E-state index contributed by atoms with van der Waals surface area (Å²) in [7, 11) is 0. The summed E-state index contributed by atoms with van der Waals surface area (Å²) in [6, 6.07) is 5.91. The number of ether oxygens (including phenoxy) is 1. The van der Waals surface area contributed by atoms with Crippen molar-refractivity contribution in [3.8, 4) is 0 Å². The number of aryl methyl sites for hydroxylation is 2. The number of carbonyl (C=O) groups excluding carboxylic acids is 1. The molecule has 0 bridgehead atoms. The molecular formula is C15H18N2O2. The van der Waals surface area contributed by atoms with Crippen molar-refractivity contribution in [1.82, 2.24) is 9.88 Å². The van der Waals surface area contributed by atoms with Crippen LogP contribution in [0.4, 0.5) is 0 Å². The van der Waals surface area contributed by atoms with Crippen LogP contribution < -0.4 is 0 Å². The second-order valence-electron chi connectivity index (χ2n) is 5.01. The summed E-state index contributed by atoms with van der Waals surface area (Å²) in [4.78, 5) is 17.8. The fourth-order valence-corrected chi connectivity index (χ4v) is 2.60. The number of fused-ring (bicyclic) bond motifs is 1. The molecule has 1 amide bonds. The van der Waals surface area contributed by atoms with E-state index in [-0.39, 0.29) is 5.91 Å². The quantitative estimate of drug-likeness (QED) is 0.852. The number of carbonyl (C=O) groups is 1. The van der Waals surface area contributed by atoms with Gasteiger partial charge in [-0.3, -0.25) is 4.79 Å². The largest absolute Gasteiger partial charge is 0.378 e. The van der Waals surface area contributed by atoms with E-state index >= 15 is 0 Å². The van der Waals surface area contributed by atoms with Crippen LogP contribution in [0.1, 0.15) is 21.6 Å². The Balaban J connectivity index is 2.04. The molecule has 0 saturated carbocycles. The molecule has 0 atom stereocenters. The van der Waals surface area contributed by atoms with E-state index in [4.69, 9.17) is 4.74 Å². The fraction of sp³-hybridized carbons (Fsp3) is 0.400. The number of hydrogen-bond donors (Lipinski definition) is 1. The summed E-state index contributed by atoms with van der Waals surface area (Å²) in [6.45, 7) is 6.73. The third kappa shape index (κ3) is 2.02. The van der Waals surface area contributed by atoms with Gasteiger partial charge in [-0.1, -0.05) is 12.1 Å². The Morgan fingerprint density at radius 1 is 1.26 bits per heavy atom. The predicted molar refractivity (Wildman–Crippen MR) is 74.5 cm³/mol. The van der Waals surface area contributed by atoms with Gasteiger partial charge in [0.25, 0.3) is 5.91 Å². The number of morpholine rings is 1. The molecule has 100 valence electrons. The standard InChI is InChI=1S/C15H18N2O2/c1-10-11(2)16-14-12(10)4-3-5-13(14)15(18)17-6-8-19-9-7-17/h3-5,16H,6-9H2,1-2H3. The van der Waals surface area contributed by atoms with Crippen LogP contribution in [0.2, 0.25) is 0 Å². The van der Waals surface area contributed by atoms with Gasteiger partial charge in [0, 0.05) is 24.2 Å². The second kappa shape index (κ2) is 4.70. The maximum absolute atomic E-state index is 12.6. The second-order valence-corrected chi connectivity index (χ2v) is 5.01. The lowest BCUT2D eigenvalue weighted by Gasteiger charge is -2.27. The van der Waals surface area contributed by atoms with Crippen molar-refractivity contribution in [1.29, 1.82) is 0 Å². The normalized spacial score (nSPS) is 16.0. The molecule has 1 aromatic carbocycles. The van der Waals surface area contributed by atoms with Gasteiger partial charge >= 0.3 is 0 Å². The minimum absolute atomic E-state index is 0.0927. The molecule has 0 spiro atoms. The fourth-order valence-electron chi connectivity index (χ4n) is 2.60. The first kappa shape index (κ1) is 12.2. The highest BCUT2D eigenvalue weighted by atomic mass is 16.5. The minimum atomic E-state index is 0.0927. The number of nitrogens with zero attached hydrogens (tertiary/aromatic N) is 1. The molecule has 1 fully saturated rings. The van der Waals surface area contributed by atoms with Gasteiger partial charge in [0.2, 0.25) is 0 Å². The average Bonchev–Trinajstić information content (AvgIpc) is 2.75. The van der Waals surface area contributed by atoms with E-state index in [9.17, 15) is 4.79 Å². The Kier molecular flexibility index (Phi) is 3.03. The number of aromatic amines is 1. The van der Waals surface area contributed by atoms with Gasteiger partial charge in [-0.15, -0.1) is 0 Å². The van der Waals surface area contributed by atoms with Crippen molar-refractivity contribution < 1.29 is 9.53 Å². The van der Waals surface area contributed by atoms with Gasteiger partial charge in [0.1, 0.15) is 0 Å². The van der Waals surface area contributed by atoms with Crippen molar-refractivity contribution in [3.05, 3.63) is 35.0 Å². The lowest BCUT2D eigenvalue weighted by atomic mass is 10.1. The lowest BCUT2D eigenvalue weighted by molar-refractivity contribution is 0.0304. The maximum Gasteiger partial charge on any atom is 0.256 e. The molecule has 4 nitrogen and oxygen atoms in total. The Morgan fingerprint density at radius 2 is 2.00 bits per heavy atom. The summed E-state index contributed by atoms with van der Waals surface area (Å²) in [5.74, 6) is 0.0927. The van der Waals surface area contributed by atoms with Gasteiger partial charge in [-0.05, 0) is 25.5 Å². The lowest BCUT2D eigenvalue weighted by Crippen LogP contribution is -2.40. The third-order valence-electron chi connectivity index (χ3n) is 3.87. The molecule has 0 aliphatic carbocycles. The number of amides is 1. The van der Waals surface area contributed by atoms with Crippen molar-refractivity contribution >= 4 is 16.8 Å². The Hall–Kier alpha value is -1.81. The number of H-pyrrole nitrogens is 1. The predicted octanol–water partition coefficient (Wildman–Crippen LogP) is 2.26. The van der Waals surface area contributed by atoms with Crippen LogP contribution in [0.3, 0.4) is 0 Å². The van der Waals surface area contributed by atoms with E-state index in [1.807, 2.05) is 24.0 Å². The van der Waals surface area contributed by atoms with Gasteiger partial charge in [-0.2, -0.15) is 0 Å². The van der Waals surface area contributed by atoms with Crippen molar-refractivity contribution in [2.24, 2.45) is 0 Å².